The summed E-state index contributed by atoms with van der Waals surface area (Å²) >= 11 is 1.72. The van der Waals surface area contributed by atoms with Crippen LogP contribution < -0.4 is 5.32 Å². The van der Waals surface area contributed by atoms with Gasteiger partial charge in [0.25, 0.3) is 0 Å². The van der Waals surface area contributed by atoms with Gasteiger partial charge in [-0.05, 0) is 37.5 Å². The summed E-state index contributed by atoms with van der Waals surface area (Å²) in [5.41, 5.74) is 2.36. The minimum Gasteiger partial charge on any atom is -0.376 e. The van der Waals surface area contributed by atoms with Crippen molar-refractivity contribution >= 4 is 26.7 Å². The number of hydrogen-bond donors (Lipinski definition) is 1. The number of nitrogens with one attached hydrogen (secondary N) is 1. The molecule has 0 aliphatic heterocycles. The number of aromatic nitrogens is 1. The van der Waals surface area contributed by atoms with Crippen molar-refractivity contribution in [3.63, 3.8) is 0 Å². The van der Waals surface area contributed by atoms with Gasteiger partial charge in [-0.1, -0.05) is 30.2 Å². The Morgan fingerprint density at radius 1 is 1.37 bits per heavy atom. The molecule has 1 aliphatic rings. The molecule has 2 aromatic rings. The first kappa shape index (κ1) is 12.9. The molecule has 0 atom stereocenters. The minimum atomic E-state index is 0.500. The molecule has 0 unspecified atom stereocenters. The lowest BCUT2D eigenvalue weighted by molar-refractivity contribution is 0.0659. The van der Waals surface area contributed by atoms with Gasteiger partial charge in [-0.3, -0.25) is 0 Å². The van der Waals surface area contributed by atoms with E-state index in [9.17, 15) is 0 Å². The number of fused-ring (bicyclic) bond motifs is 1. The van der Waals surface area contributed by atoms with Crippen molar-refractivity contribution in [1.29, 1.82) is 0 Å². The second-order valence-electron chi connectivity index (χ2n) is 5.19. The Kier molecular flexibility index (Phi) is 3.99. The molecule has 19 heavy (non-hydrogen) atoms. The normalized spacial score (nSPS) is 16.3. The highest BCUT2D eigenvalue weighted by atomic mass is 32.1. The topological polar surface area (TPSA) is 34.2 Å². The van der Waals surface area contributed by atoms with Crippen LogP contribution in [0.2, 0.25) is 0 Å². The molecule has 4 heteroatoms. The molecule has 1 aromatic carbocycles. The van der Waals surface area contributed by atoms with E-state index in [1.165, 1.54) is 35.9 Å². The summed E-state index contributed by atoms with van der Waals surface area (Å²) in [4.78, 5) is 4.58. The number of aryl methyl sites for hydroxylation is 1. The lowest BCUT2D eigenvalue weighted by Crippen LogP contribution is -2.15. The minimum absolute atomic E-state index is 0.500. The molecule has 3 rings (SSSR count). The van der Waals surface area contributed by atoms with Crippen molar-refractivity contribution in [1.82, 2.24) is 4.98 Å². The third kappa shape index (κ3) is 3.25. The number of thiazole rings is 1. The maximum Gasteiger partial charge on any atom is 0.183 e. The lowest BCUT2D eigenvalue weighted by Gasteiger charge is -2.10. The number of hydrogen-bond acceptors (Lipinski definition) is 4. The molecule has 1 aromatic heterocycles. The zero-order valence-corrected chi connectivity index (χ0v) is 12.1. The average molecular weight is 276 g/mol. The van der Waals surface area contributed by atoms with Crippen molar-refractivity contribution in [2.45, 2.75) is 38.7 Å². The van der Waals surface area contributed by atoms with Crippen LogP contribution in [0.15, 0.2) is 18.2 Å². The zero-order valence-electron chi connectivity index (χ0n) is 11.3. The molecule has 3 nitrogen and oxygen atoms in total. The zero-order chi connectivity index (χ0) is 13.1. The summed E-state index contributed by atoms with van der Waals surface area (Å²) in [7, 11) is 0. The van der Waals surface area contributed by atoms with Crippen LogP contribution in [-0.4, -0.2) is 24.2 Å². The number of rotatable bonds is 5. The molecule has 0 bridgehead atoms. The Bertz CT molecular complexity index is 546. The van der Waals surface area contributed by atoms with Gasteiger partial charge in [0.2, 0.25) is 0 Å². The molecule has 0 radical (unpaired) electrons. The van der Waals surface area contributed by atoms with Gasteiger partial charge in [0.1, 0.15) is 0 Å². The highest BCUT2D eigenvalue weighted by Gasteiger charge is 2.14. The summed E-state index contributed by atoms with van der Waals surface area (Å²) < 4.78 is 7.08. The van der Waals surface area contributed by atoms with E-state index in [0.29, 0.717) is 6.10 Å². The van der Waals surface area contributed by atoms with E-state index in [4.69, 9.17) is 4.74 Å². The first-order valence-electron chi connectivity index (χ1n) is 7.04. The van der Waals surface area contributed by atoms with Gasteiger partial charge in [0, 0.05) is 6.54 Å². The molecule has 1 fully saturated rings. The van der Waals surface area contributed by atoms with Crippen LogP contribution in [0.4, 0.5) is 5.13 Å². The van der Waals surface area contributed by atoms with Gasteiger partial charge in [-0.15, -0.1) is 0 Å². The van der Waals surface area contributed by atoms with Gasteiger partial charge in [-0.25, -0.2) is 4.98 Å². The number of anilines is 1. The van der Waals surface area contributed by atoms with E-state index in [1.54, 1.807) is 11.3 Å². The van der Waals surface area contributed by atoms with Gasteiger partial charge in [0.15, 0.2) is 5.13 Å². The monoisotopic (exact) mass is 276 g/mol. The van der Waals surface area contributed by atoms with Crippen molar-refractivity contribution < 1.29 is 4.74 Å². The molecule has 102 valence electrons. The fraction of sp³-hybridized carbons (Fsp3) is 0.533. The Balaban J connectivity index is 1.50. The Morgan fingerprint density at radius 3 is 3.05 bits per heavy atom. The predicted molar refractivity (Wildman–Crippen MR) is 81.1 cm³/mol. The maximum atomic E-state index is 5.83. The molecule has 0 saturated heterocycles. The van der Waals surface area contributed by atoms with E-state index in [2.05, 4.69) is 35.4 Å². The third-order valence-corrected chi connectivity index (χ3v) is 4.55. The van der Waals surface area contributed by atoms with Crippen LogP contribution >= 0.6 is 11.3 Å². The van der Waals surface area contributed by atoms with Gasteiger partial charge in [-0.2, -0.15) is 0 Å². The predicted octanol–water partition coefficient (Wildman–Crippen LogP) is 3.98. The van der Waals surface area contributed by atoms with E-state index in [0.717, 1.165) is 23.8 Å². The van der Waals surface area contributed by atoms with Crippen molar-refractivity contribution in [3.05, 3.63) is 23.8 Å². The first-order chi connectivity index (χ1) is 9.31. The summed E-state index contributed by atoms with van der Waals surface area (Å²) in [6.45, 7) is 3.73. The summed E-state index contributed by atoms with van der Waals surface area (Å²) in [6, 6.07) is 6.38. The van der Waals surface area contributed by atoms with Crippen LogP contribution in [0.25, 0.3) is 10.2 Å². The lowest BCUT2D eigenvalue weighted by atomic mass is 10.2. The number of ether oxygens (including phenoxy) is 1. The first-order valence-corrected chi connectivity index (χ1v) is 7.85. The maximum absolute atomic E-state index is 5.83. The molecule has 0 spiro atoms. The van der Waals surface area contributed by atoms with Crippen LogP contribution in [-0.2, 0) is 4.74 Å². The van der Waals surface area contributed by atoms with E-state index < -0.39 is 0 Å². The second kappa shape index (κ2) is 5.88. The molecular formula is C15H20N2OS. The highest BCUT2D eigenvalue weighted by molar-refractivity contribution is 7.22. The van der Waals surface area contributed by atoms with E-state index in [1.807, 2.05) is 0 Å². The SMILES string of the molecule is Cc1ccc2nc(NCCOC3CCCC3)sc2c1. The Labute approximate surface area is 118 Å². The summed E-state index contributed by atoms with van der Waals surface area (Å²) in [6.07, 6.45) is 5.63. The third-order valence-electron chi connectivity index (χ3n) is 3.58. The standard InChI is InChI=1S/C15H20N2OS/c1-11-6-7-13-14(10-11)19-15(17-13)16-8-9-18-12-4-2-3-5-12/h6-7,10,12H,2-5,8-9H2,1H3,(H,16,17). The van der Waals surface area contributed by atoms with Crippen molar-refractivity contribution in [3.8, 4) is 0 Å². The van der Waals surface area contributed by atoms with Gasteiger partial charge >= 0.3 is 0 Å². The van der Waals surface area contributed by atoms with Crippen LogP contribution in [0.3, 0.4) is 0 Å². The number of benzene rings is 1. The largest absolute Gasteiger partial charge is 0.376 e. The summed E-state index contributed by atoms with van der Waals surface area (Å²) in [5, 5.41) is 4.36. The molecule has 1 heterocycles. The molecule has 1 saturated carbocycles. The fourth-order valence-corrected chi connectivity index (χ4v) is 3.54. The average Bonchev–Trinajstić information content (AvgIpc) is 3.02. The van der Waals surface area contributed by atoms with Gasteiger partial charge < -0.3 is 10.1 Å². The molecular weight excluding hydrogens is 256 g/mol. The molecule has 1 aliphatic carbocycles. The smallest absolute Gasteiger partial charge is 0.183 e. The molecule has 0 amide bonds. The quantitative estimate of drug-likeness (QED) is 0.839. The highest BCUT2D eigenvalue weighted by Crippen LogP contribution is 2.26. The van der Waals surface area contributed by atoms with Crippen LogP contribution in [0.5, 0.6) is 0 Å². The Morgan fingerprint density at radius 2 is 2.21 bits per heavy atom. The van der Waals surface area contributed by atoms with Crippen LogP contribution in [0, 0.1) is 6.92 Å². The van der Waals surface area contributed by atoms with E-state index >= 15 is 0 Å². The summed E-state index contributed by atoms with van der Waals surface area (Å²) in [5.74, 6) is 0. The van der Waals surface area contributed by atoms with Crippen molar-refractivity contribution in [2.75, 3.05) is 18.5 Å². The van der Waals surface area contributed by atoms with E-state index in [-0.39, 0.29) is 0 Å². The second-order valence-corrected chi connectivity index (χ2v) is 6.22. The van der Waals surface area contributed by atoms with Crippen LogP contribution in [0.1, 0.15) is 31.2 Å². The van der Waals surface area contributed by atoms with Gasteiger partial charge in [0.05, 0.1) is 22.9 Å². The Hall–Kier alpha value is -1.13. The number of nitrogens with zero attached hydrogens (tertiary/aromatic N) is 1. The molecule has 1 N–H and O–H groups in total. The van der Waals surface area contributed by atoms with Crippen molar-refractivity contribution in [2.24, 2.45) is 0 Å². The fourth-order valence-electron chi connectivity index (χ4n) is 2.55.